The molecule has 128 valence electrons. The van der Waals surface area contributed by atoms with Gasteiger partial charge in [-0.15, -0.1) is 5.10 Å². The van der Waals surface area contributed by atoms with Gasteiger partial charge < -0.3 is 4.84 Å². The minimum Gasteiger partial charge on any atom is -0.315 e. The van der Waals surface area contributed by atoms with E-state index in [1.54, 1.807) is 18.3 Å². The summed E-state index contributed by atoms with van der Waals surface area (Å²) >= 11 is 3.45. The van der Waals surface area contributed by atoms with E-state index in [4.69, 9.17) is 4.84 Å². The second-order valence-corrected chi connectivity index (χ2v) is 7.25. The van der Waals surface area contributed by atoms with E-state index in [9.17, 15) is 4.79 Å². The predicted octanol–water partition coefficient (Wildman–Crippen LogP) is 3.45. The highest BCUT2D eigenvalue weighted by atomic mass is 79.9. The Kier molecular flexibility index (Phi) is 4.25. The molecule has 25 heavy (non-hydrogen) atoms. The molecule has 2 aromatic heterocycles. The molecule has 0 saturated heterocycles. The van der Waals surface area contributed by atoms with Crippen LogP contribution in [0.15, 0.2) is 47.1 Å². The average molecular weight is 401 g/mol. The van der Waals surface area contributed by atoms with E-state index in [-0.39, 0.29) is 5.97 Å². The number of hydrogen-bond donors (Lipinski definition) is 0. The number of rotatable bonds is 3. The van der Waals surface area contributed by atoms with Crippen molar-refractivity contribution < 1.29 is 9.63 Å². The molecule has 3 aromatic rings. The maximum atomic E-state index is 13.2. The van der Waals surface area contributed by atoms with Gasteiger partial charge in [0.05, 0.1) is 5.41 Å². The number of benzene rings is 1. The van der Waals surface area contributed by atoms with Crippen molar-refractivity contribution in [3.05, 3.63) is 52.6 Å². The van der Waals surface area contributed by atoms with Crippen molar-refractivity contribution in [1.82, 2.24) is 20.1 Å². The molecule has 0 spiro atoms. The van der Waals surface area contributed by atoms with Crippen LogP contribution in [0.2, 0.25) is 0 Å². The zero-order valence-corrected chi connectivity index (χ0v) is 15.1. The number of nitrogens with zero attached hydrogens (tertiary/aromatic N) is 4. The van der Waals surface area contributed by atoms with E-state index in [0.717, 1.165) is 47.0 Å². The number of hydrogen-bond acceptors (Lipinski definition) is 5. The van der Waals surface area contributed by atoms with Crippen LogP contribution in [0.25, 0.3) is 11.2 Å². The summed E-state index contributed by atoms with van der Waals surface area (Å²) in [6.07, 6.45) is 6.31. The van der Waals surface area contributed by atoms with Crippen molar-refractivity contribution in [3.63, 3.8) is 0 Å². The highest BCUT2D eigenvalue weighted by Gasteiger charge is 2.43. The fourth-order valence-electron chi connectivity index (χ4n) is 3.51. The molecule has 0 atom stereocenters. The molecule has 0 amide bonds. The van der Waals surface area contributed by atoms with Crippen LogP contribution in [0.1, 0.15) is 37.7 Å². The van der Waals surface area contributed by atoms with E-state index in [1.807, 2.05) is 24.3 Å². The lowest BCUT2D eigenvalue weighted by Gasteiger charge is -2.34. The molecule has 0 N–H and O–H groups in total. The molecule has 1 saturated carbocycles. The number of pyridine rings is 1. The normalized spacial score (nSPS) is 16.7. The summed E-state index contributed by atoms with van der Waals surface area (Å²) in [5.41, 5.74) is 1.37. The van der Waals surface area contributed by atoms with Crippen LogP contribution in [0, 0.1) is 0 Å². The lowest BCUT2D eigenvalue weighted by Crippen LogP contribution is -2.43. The van der Waals surface area contributed by atoms with Crippen LogP contribution in [-0.2, 0) is 10.2 Å². The van der Waals surface area contributed by atoms with Gasteiger partial charge >= 0.3 is 5.97 Å². The Labute approximate surface area is 153 Å². The van der Waals surface area contributed by atoms with Crippen LogP contribution in [0.3, 0.4) is 0 Å². The SMILES string of the molecule is O=C(On1nnc2cccnc21)C1(c2ccc(Br)cc2)CCCCC1. The lowest BCUT2D eigenvalue weighted by molar-refractivity contribution is -0.154. The van der Waals surface area contributed by atoms with Gasteiger partial charge in [-0.3, -0.25) is 0 Å². The van der Waals surface area contributed by atoms with Gasteiger partial charge in [0.25, 0.3) is 0 Å². The largest absolute Gasteiger partial charge is 0.345 e. The summed E-state index contributed by atoms with van der Waals surface area (Å²) in [5.74, 6) is -0.299. The summed E-state index contributed by atoms with van der Waals surface area (Å²) in [5, 5.41) is 7.91. The number of aromatic nitrogens is 4. The first-order chi connectivity index (χ1) is 12.2. The van der Waals surface area contributed by atoms with E-state index >= 15 is 0 Å². The molecule has 0 aliphatic heterocycles. The van der Waals surface area contributed by atoms with E-state index in [2.05, 4.69) is 31.2 Å². The van der Waals surface area contributed by atoms with Gasteiger partial charge in [-0.2, -0.15) is 0 Å². The van der Waals surface area contributed by atoms with E-state index < -0.39 is 5.41 Å². The van der Waals surface area contributed by atoms with Crippen LogP contribution >= 0.6 is 15.9 Å². The summed E-state index contributed by atoms with van der Waals surface area (Å²) in [7, 11) is 0. The third-order valence-electron chi connectivity index (χ3n) is 4.84. The van der Waals surface area contributed by atoms with Gasteiger partial charge in [0.15, 0.2) is 0 Å². The fraction of sp³-hybridized carbons (Fsp3) is 0.333. The molecule has 4 rings (SSSR count). The maximum absolute atomic E-state index is 13.2. The third-order valence-corrected chi connectivity index (χ3v) is 5.37. The Morgan fingerprint density at radius 2 is 1.88 bits per heavy atom. The number of carbonyl (C=O) groups excluding carboxylic acids is 1. The highest BCUT2D eigenvalue weighted by Crippen LogP contribution is 2.40. The monoisotopic (exact) mass is 400 g/mol. The second kappa shape index (κ2) is 6.55. The van der Waals surface area contributed by atoms with Crippen molar-refractivity contribution in [2.45, 2.75) is 37.5 Å². The zero-order valence-electron chi connectivity index (χ0n) is 13.6. The predicted molar refractivity (Wildman–Crippen MR) is 95.8 cm³/mol. The van der Waals surface area contributed by atoms with Crippen LogP contribution in [0.4, 0.5) is 0 Å². The molecule has 2 heterocycles. The van der Waals surface area contributed by atoms with Crippen molar-refractivity contribution in [1.29, 1.82) is 0 Å². The average Bonchev–Trinajstić information content (AvgIpc) is 3.06. The zero-order chi connectivity index (χ0) is 17.3. The van der Waals surface area contributed by atoms with Crippen LogP contribution < -0.4 is 4.84 Å². The van der Waals surface area contributed by atoms with E-state index in [0.29, 0.717) is 11.2 Å². The number of fused-ring (bicyclic) bond motifs is 1. The van der Waals surface area contributed by atoms with Gasteiger partial charge in [0, 0.05) is 10.7 Å². The Morgan fingerprint density at radius 1 is 1.12 bits per heavy atom. The Balaban J connectivity index is 1.69. The summed E-state index contributed by atoms with van der Waals surface area (Å²) < 4.78 is 0.988. The van der Waals surface area contributed by atoms with E-state index in [1.165, 1.54) is 0 Å². The fourth-order valence-corrected chi connectivity index (χ4v) is 3.77. The Bertz CT molecular complexity index is 901. The number of carbonyl (C=O) groups is 1. The molecule has 7 heteroatoms. The molecular formula is C18H17BrN4O2. The summed E-state index contributed by atoms with van der Waals surface area (Å²) in [6.45, 7) is 0. The molecule has 1 aliphatic rings. The first-order valence-electron chi connectivity index (χ1n) is 8.34. The maximum Gasteiger partial charge on any atom is 0.345 e. The molecule has 0 unspecified atom stereocenters. The standard InChI is InChI=1S/C18H17BrN4O2/c19-14-8-6-13(7-9-14)18(10-2-1-3-11-18)17(24)25-23-16-15(21-22-23)5-4-12-20-16/h4-9,12H,1-3,10-11H2. The minimum atomic E-state index is -0.647. The molecule has 0 radical (unpaired) electrons. The first-order valence-corrected chi connectivity index (χ1v) is 9.14. The smallest absolute Gasteiger partial charge is 0.315 e. The number of halogens is 1. The van der Waals surface area contributed by atoms with Crippen LogP contribution in [-0.4, -0.2) is 26.1 Å². The summed E-state index contributed by atoms with van der Waals surface area (Å²) in [4.78, 5) is 24.1. The van der Waals surface area contributed by atoms with Gasteiger partial charge in [-0.05, 0) is 52.7 Å². The molecule has 1 fully saturated rings. The van der Waals surface area contributed by atoms with Gasteiger partial charge in [-0.1, -0.05) is 47.3 Å². The van der Waals surface area contributed by atoms with Crippen molar-refractivity contribution in [2.75, 3.05) is 0 Å². The molecular weight excluding hydrogens is 384 g/mol. The first kappa shape index (κ1) is 16.2. The Morgan fingerprint density at radius 3 is 2.64 bits per heavy atom. The molecule has 0 bridgehead atoms. The molecule has 1 aromatic carbocycles. The second-order valence-electron chi connectivity index (χ2n) is 6.34. The summed E-state index contributed by atoms with van der Waals surface area (Å²) in [6, 6.07) is 11.5. The van der Waals surface area contributed by atoms with Crippen LogP contribution in [0.5, 0.6) is 0 Å². The minimum absolute atomic E-state index is 0.299. The van der Waals surface area contributed by atoms with Crippen molar-refractivity contribution >= 4 is 33.1 Å². The third kappa shape index (κ3) is 2.93. The van der Waals surface area contributed by atoms with Gasteiger partial charge in [0.2, 0.25) is 5.65 Å². The lowest BCUT2D eigenvalue weighted by atomic mass is 9.69. The van der Waals surface area contributed by atoms with Crippen molar-refractivity contribution in [2.24, 2.45) is 0 Å². The van der Waals surface area contributed by atoms with Crippen molar-refractivity contribution in [3.8, 4) is 0 Å². The molecule has 1 aliphatic carbocycles. The Hall–Kier alpha value is -2.28. The highest BCUT2D eigenvalue weighted by molar-refractivity contribution is 9.10. The van der Waals surface area contributed by atoms with Gasteiger partial charge in [0.1, 0.15) is 5.52 Å². The quantitative estimate of drug-likeness (QED) is 0.629. The topological polar surface area (TPSA) is 69.9 Å². The van der Waals surface area contributed by atoms with Gasteiger partial charge in [-0.25, -0.2) is 9.78 Å². The molecule has 6 nitrogen and oxygen atoms in total.